The zero-order valence-electron chi connectivity index (χ0n) is 10.3. The molecule has 1 unspecified atom stereocenters. The first-order valence-electron chi connectivity index (χ1n) is 5.95. The number of rotatable bonds is 5. The van der Waals surface area contributed by atoms with E-state index in [0.29, 0.717) is 18.1 Å². The van der Waals surface area contributed by atoms with E-state index in [1.54, 1.807) is 7.11 Å². The zero-order valence-corrected chi connectivity index (χ0v) is 10.3. The van der Waals surface area contributed by atoms with Crippen LogP contribution in [0.4, 0.5) is 0 Å². The van der Waals surface area contributed by atoms with Crippen molar-refractivity contribution in [2.24, 2.45) is 5.92 Å². The van der Waals surface area contributed by atoms with E-state index in [1.165, 1.54) is 12.8 Å². The van der Waals surface area contributed by atoms with Gasteiger partial charge < -0.3 is 9.84 Å². The topological polar surface area (TPSA) is 32.7 Å². The van der Waals surface area contributed by atoms with Gasteiger partial charge in [-0.15, -0.1) is 0 Å². The number of piperidine rings is 1. The molecule has 1 aliphatic rings. The van der Waals surface area contributed by atoms with Gasteiger partial charge in [-0.05, 0) is 39.0 Å². The van der Waals surface area contributed by atoms with Crippen molar-refractivity contribution in [3.05, 3.63) is 0 Å². The van der Waals surface area contributed by atoms with Gasteiger partial charge in [0.15, 0.2) is 0 Å². The fraction of sp³-hybridized carbons (Fsp3) is 1.00. The Hall–Kier alpha value is -0.120. The summed E-state index contributed by atoms with van der Waals surface area (Å²) in [5, 5.41) is 8.97. The van der Waals surface area contributed by atoms with Gasteiger partial charge in [0.25, 0.3) is 0 Å². The molecule has 0 spiro atoms. The molecule has 0 amide bonds. The lowest BCUT2D eigenvalue weighted by Crippen LogP contribution is -2.51. The second-order valence-corrected chi connectivity index (χ2v) is 5.17. The molecule has 15 heavy (non-hydrogen) atoms. The van der Waals surface area contributed by atoms with Gasteiger partial charge in [-0.2, -0.15) is 0 Å². The van der Waals surface area contributed by atoms with Crippen molar-refractivity contribution in [1.82, 2.24) is 4.90 Å². The summed E-state index contributed by atoms with van der Waals surface area (Å²) in [6.07, 6.45) is 3.41. The van der Waals surface area contributed by atoms with Crippen LogP contribution in [0.3, 0.4) is 0 Å². The summed E-state index contributed by atoms with van der Waals surface area (Å²) in [6, 6.07) is 0. The van der Waals surface area contributed by atoms with Crippen LogP contribution in [0.5, 0.6) is 0 Å². The Labute approximate surface area is 93.4 Å². The van der Waals surface area contributed by atoms with Crippen LogP contribution in [0.1, 0.15) is 33.1 Å². The summed E-state index contributed by atoms with van der Waals surface area (Å²) in [6.45, 7) is 7.84. The van der Waals surface area contributed by atoms with Gasteiger partial charge in [-0.25, -0.2) is 0 Å². The van der Waals surface area contributed by atoms with Crippen LogP contribution in [0.25, 0.3) is 0 Å². The van der Waals surface area contributed by atoms with Crippen molar-refractivity contribution in [2.75, 3.05) is 33.4 Å². The summed E-state index contributed by atoms with van der Waals surface area (Å²) in [5.41, 5.74) is 0.296. The number of hydrogen-bond acceptors (Lipinski definition) is 3. The van der Waals surface area contributed by atoms with Crippen LogP contribution in [-0.2, 0) is 4.74 Å². The smallest absolute Gasteiger partial charge is 0.0589 e. The van der Waals surface area contributed by atoms with E-state index >= 15 is 0 Å². The average Bonchev–Trinajstić information content (AvgIpc) is 2.19. The third kappa shape index (κ3) is 3.74. The van der Waals surface area contributed by atoms with E-state index < -0.39 is 0 Å². The molecule has 0 aromatic carbocycles. The predicted octanol–water partition coefficient (Wildman–Crippen LogP) is 1.51. The van der Waals surface area contributed by atoms with Gasteiger partial charge in [0, 0.05) is 32.3 Å². The second-order valence-electron chi connectivity index (χ2n) is 5.17. The van der Waals surface area contributed by atoms with E-state index in [4.69, 9.17) is 9.84 Å². The highest BCUT2D eigenvalue weighted by atomic mass is 16.5. The van der Waals surface area contributed by atoms with E-state index in [-0.39, 0.29) is 0 Å². The summed E-state index contributed by atoms with van der Waals surface area (Å²) >= 11 is 0. The number of aliphatic hydroxyl groups is 1. The molecule has 1 saturated heterocycles. The first kappa shape index (κ1) is 12.9. The fourth-order valence-corrected chi connectivity index (χ4v) is 2.38. The molecule has 0 saturated carbocycles. The Morgan fingerprint density at radius 1 is 1.47 bits per heavy atom. The van der Waals surface area contributed by atoms with E-state index in [9.17, 15) is 0 Å². The van der Waals surface area contributed by atoms with Crippen molar-refractivity contribution >= 4 is 0 Å². The Morgan fingerprint density at radius 2 is 2.20 bits per heavy atom. The van der Waals surface area contributed by atoms with E-state index in [1.807, 2.05) is 0 Å². The van der Waals surface area contributed by atoms with E-state index in [0.717, 1.165) is 26.1 Å². The zero-order chi connectivity index (χ0) is 11.3. The maximum Gasteiger partial charge on any atom is 0.0589 e. The maximum absolute atomic E-state index is 8.97. The molecule has 0 aliphatic carbocycles. The van der Waals surface area contributed by atoms with Crippen LogP contribution in [0.2, 0.25) is 0 Å². The third-order valence-electron chi connectivity index (χ3n) is 3.60. The van der Waals surface area contributed by atoms with Crippen molar-refractivity contribution in [3.63, 3.8) is 0 Å². The fourth-order valence-electron chi connectivity index (χ4n) is 2.38. The van der Waals surface area contributed by atoms with Crippen molar-refractivity contribution in [1.29, 1.82) is 0 Å². The first-order chi connectivity index (χ1) is 7.10. The van der Waals surface area contributed by atoms with Crippen LogP contribution in [-0.4, -0.2) is 49.0 Å². The van der Waals surface area contributed by atoms with Crippen LogP contribution >= 0.6 is 0 Å². The number of ether oxygens (including phenoxy) is 1. The molecule has 1 rings (SSSR count). The second kappa shape index (κ2) is 5.83. The molecule has 90 valence electrons. The van der Waals surface area contributed by atoms with Gasteiger partial charge in [-0.3, -0.25) is 4.90 Å². The van der Waals surface area contributed by atoms with Crippen molar-refractivity contribution in [3.8, 4) is 0 Å². The molecular formula is C12H25NO2. The highest BCUT2D eigenvalue weighted by Crippen LogP contribution is 2.31. The minimum atomic E-state index is 0.296. The molecule has 0 aromatic heterocycles. The molecule has 0 aromatic rings. The largest absolute Gasteiger partial charge is 0.396 e. The third-order valence-corrected chi connectivity index (χ3v) is 3.60. The highest BCUT2D eigenvalue weighted by Gasteiger charge is 2.33. The van der Waals surface area contributed by atoms with E-state index in [2.05, 4.69) is 18.7 Å². The van der Waals surface area contributed by atoms with Gasteiger partial charge in [0.05, 0.1) is 6.61 Å². The van der Waals surface area contributed by atoms with Gasteiger partial charge in [-0.1, -0.05) is 0 Å². The molecule has 3 nitrogen and oxygen atoms in total. The monoisotopic (exact) mass is 215 g/mol. The molecule has 1 fully saturated rings. The molecule has 0 bridgehead atoms. The minimum absolute atomic E-state index is 0.296. The lowest BCUT2D eigenvalue weighted by Gasteiger charge is -2.45. The van der Waals surface area contributed by atoms with Gasteiger partial charge in [0.1, 0.15) is 0 Å². The lowest BCUT2D eigenvalue weighted by atomic mass is 9.83. The molecule has 1 aliphatic heterocycles. The standard InChI is InChI=1S/C12H25NO2/c1-12(2)6-4-11(5-8-14)10-13(12)7-9-15-3/h11,14H,4-10H2,1-3H3. The SMILES string of the molecule is COCCN1CC(CCO)CCC1(C)C. The number of likely N-dealkylation sites (tertiary alicyclic amines) is 1. The Bertz CT molecular complexity index is 182. The van der Waals surface area contributed by atoms with Crippen molar-refractivity contribution in [2.45, 2.75) is 38.6 Å². The number of hydrogen-bond donors (Lipinski definition) is 1. The molecule has 1 atom stereocenters. The van der Waals surface area contributed by atoms with Crippen LogP contribution in [0, 0.1) is 5.92 Å². The van der Waals surface area contributed by atoms with Crippen molar-refractivity contribution < 1.29 is 9.84 Å². The van der Waals surface area contributed by atoms with Crippen LogP contribution < -0.4 is 0 Å². The number of aliphatic hydroxyl groups excluding tert-OH is 1. The maximum atomic E-state index is 8.97. The summed E-state index contributed by atoms with van der Waals surface area (Å²) in [7, 11) is 1.75. The molecule has 3 heteroatoms. The molecular weight excluding hydrogens is 190 g/mol. The normalized spacial score (nSPS) is 26.8. The van der Waals surface area contributed by atoms with Gasteiger partial charge in [0.2, 0.25) is 0 Å². The molecule has 1 N–H and O–H groups in total. The van der Waals surface area contributed by atoms with Gasteiger partial charge >= 0.3 is 0 Å². The molecule has 0 radical (unpaired) electrons. The minimum Gasteiger partial charge on any atom is -0.396 e. The quantitative estimate of drug-likeness (QED) is 0.754. The first-order valence-corrected chi connectivity index (χ1v) is 5.95. The summed E-state index contributed by atoms with van der Waals surface area (Å²) in [5.74, 6) is 0.667. The summed E-state index contributed by atoms with van der Waals surface area (Å²) < 4.78 is 5.14. The number of methoxy groups -OCH3 is 1. The number of nitrogens with zero attached hydrogens (tertiary/aromatic N) is 1. The lowest BCUT2D eigenvalue weighted by molar-refractivity contribution is 0.0178. The van der Waals surface area contributed by atoms with Crippen LogP contribution in [0.15, 0.2) is 0 Å². The Balaban J connectivity index is 2.46. The summed E-state index contributed by atoms with van der Waals surface area (Å²) in [4.78, 5) is 2.50. The predicted molar refractivity (Wildman–Crippen MR) is 62.0 cm³/mol. The Kier molecular flexibility index (Phi) is 5.03. The molecule has 1 heterocycles. The highest BCUT2D eigenvalue weighted by molar-refractivity contribution is 4.88. The average molecular weight is 215 g/mol. The Morgan fingerprint density at radius 3 is 2.80 bits per heavy atom.